The van der Waals surface area contributed by atoms with Crippen LogP contribution in [0.15, 0.2) is 36.4 Å². The van der Waals surface area contributed by atoms with Crippen molar-refractivity contribution in [3.05, 3.63) is 53.6 Å². The third kappa shape index (κ3) is 10.4. The van der Waals surface area contributed by atoms with Crippen LogP contribution in [0.1, 0.15) is 79.7 Å². The number of hydrogen-bond donors (Lipinski definition) is 5. The van der Waals surface area contributed by atoms with Crippen molar-refractivity contribution in [3.63, 3.8) is 0 Å². The standard InChI is InChI=1S/C43H57F4N9O4.C2H6/c1-8-9-33(52-40(57)23(4)48-6)42(59)54-19-27(46)14-29(54)18-32-31-12-10-25(44)16-34(31)50-38(32)39-51-35-17-26(45)11-13-36(35)56(39)21-30-15-28(47)20-55(30)43(60)37(22(2)3)53-41(58)24(5)49-7;1-2/h10-13,16-17,22-24,27-30,33,37,48-50H,8-9,14-15,18-21H2,1-7H3,(H,52,57)(H,53,58);1-2H3. The van der Waals surface area contributed by atoms with Gasteiger partial charge >= 0.3 is 0 Å². The molecule has 2 aliphatic heterocycles. The molecule has 0 spiro atoms. The highest BCUT2D eigenvalue weighted by molar-refractivity contribution is 5.93. The zero-order chi connectivity index (χ0) is 45.6. The molecule has 2 saturated heterocycles. The van der Waals surface area contributed by atoms with E-state index in [9.17, 15) is 28.0 Å². The van der Waals surface area contributed by atoms with E-state index in [1.165, 1.54) is 34.1 Å². The summed E-state index contributed by atoms with van der Waals surface area (Å²) in [5.74, 6) is -2.66. The highest BCUT2D eigenvalue weighted by atomic mass is 19.1. The smallest absolute Gasteiger partial charge is 0.245 e. The Morgan fingerprint density at radius 2 is 1.40 bits per heavy atom. The average Bonchev–Trinajstić information content (AvgIpc) is 4.01. The molecule has 0 bridgehead atoms. The molecule has 340 valence electrons. The summed E-state index contributed by atoms with van der Waals surface area (Å²) in [4.78, 5) is 65.2. The zero-order valence-electron chi connectivity index (χ0n) is 37.3. The first-order valence-electron chi connectivity index (χ1n) is 21.9. The molecule has 8 unspecified atom stereocenters. The van der Waals surface area contributed by atoms with Gasteiger partial charge in [0.25, 0.3) is 0 Å². The molecule has 4 amide bonds. The van der Waals surface area contributed by atoms with Crippen molar-refractivity contribution < 1.29 is 36.7 Å². The number of hydrogen-bond acceptors (Lipinski definition) is 7. The van der Waals surface area contributed by atoms with Gasteiger partial charge in [-0.2, -0.15) is 0 Å². The van der Waals surface area contributed by atoms with Gasteiger partial charge in [0.15, 0.2) is 5.82 Å². The predicted octanol–water partition coefficient (Wildman–Crippen LogP) is 5.55. The molecular weight excluding hydrogens is 807 g/mol. The maximum atomic E-state index is 15.5. The van der Waals surface area contributed by atoms with Gasteiger partial charge in [0.2, 0.25) is 23.6 Å². The van der Waals surface area contributed by atoms with Gasteiger partial charge in [0, 0.05) is 42.4 Å². The number of nitrogens with one attached hydrogen (secondary N) is 5. The van der Waals surface area contributed by atoms with Crippen molar-refractivity contribution in [1.29, 1.82) is 0 Å². The van der Waals surface area contributed by atoms with Crippen LogP contribution >= 0.6 is 0 Å². The summed E-state index contributed by atoms with van der Waals surface area (Å²) in [7, 11) is 3.27. The van der Waals surface area contributed by atoms with Crippen molar-refractivity contribution >= 4 is 45.6 Å². The SMILES string of the molecule is CC.CCCC(NC(=O)C(C)NC)C(=O)N1CC(F)CC1Cc1c(-c2nc3cc(F)ccc3n2CC2CC(F)CN2C(=O)C(NC(=O)C(C)NC)C(C)C)[nH]c2cc(F)ccc12. The quantitative estimate of drug-likeness (QED) is 0.0926. The van der Waals surface area contributed by atoms with Crippen LogP contribution in [0.25, 0.3) is 33.5 Å². The number of benzene rings is 2. The third-order valence-electron chi connectivity index (χ3n) is 12.0. The Labute approximate surface area is 361 Å². The van der Waals surface area contributed by atoms with Crippen LogP contribution in [0.3, 0.4) is 0 Å². The first-order valence-corrected chi connectivity index (χ1v) is 21.9. The maximum Gasteiger partial charge on any atom is 0.245 e. The number of amides is 4. The minimum atomic E-state index is -1.36. The molecule has 0 aliphatic carbocycles. The van der Waals surface area contributed by atoms with Crippen LogP contribution in [-0.4, -0.2) is 124 Å². The number of alkyl halides is 2. The lowest BCUT2D eigenvalue weighted by Crippen LogP contribution is -2.55. The number of rotatable bonds is 16. The van der Waals surface area contributed by atoms with Crippen molar-refractivity contribution in [1.82, 2.24) is 45.6 Å². The summed E-state index contributed by atoms with van der Waals surface area (Å²) in [6.07, 6.45) is -1.65. The topological polar surface area (TPSA) is 156 Å². The Hall–Kier alpha value is -5.03. The van der Waals surface area contributed by atoms with E-state index in [1.54, 1.807) is 58.5 Å². The van der Waals surface area contributed by atoms with Crippen LogP contribution in [0.4, 0.5) is 17.6 Å². The molecule has 0 radical (unpaired) electrons. The van der Waals surface area contributed by atoms with Gasteiger partial charge in [-0.15, -0.1) is 0 Å². The van der Waals surface area contributed by atoms with E-state index in [4.69, 9.17) is 4.98 Å². The van der Waals surface area contributed by atoms with Gasteiger partial charge < -0.3 is 40.6 Å². The van der Waals surface area contributed by atoms with Crippen molar-refractivity contribution in [2.45, 2.75) is 136 Å². The second-order valence-corrected chi connectivity index (χ2v) is 16.6. The summed E-state index contributed by atoms with van der Waals surface area (Å²) < 4.78 is 62.3. The number of likely N-dealkylation sites (N-methyl/N-ethyl adjacent to an activating group) is 2. The number of halogens is 4. The number of imidazole rings is 1. The Balaban J connectivity index is 0.00000358. The number of aromatic nitrogens is 3. The Bertz CT molecular complexity index is 2210. The molecule has 17 heteroatoms. The molecule has 13 nitrogen and oxygen atoms in total. The van der Waals surface area contributed by atoms with Crippen LogP contribution in [-0.2, 0) is 32.1 Å². The molecule has 4 aromatic rings. The molecule has 6 rings (SSSR count). The van der Waals surface area contributed by atoms with Gasteiger partial charge in [-0.1, -0.05) is 41.0 Å². The van der Waals surface area contributed by atoms with Gasteiger partial charge in [0.05, 0.1) is 47.9 Å². The fraction of sp³-hybridized carbons (Fsp3) is 0.578. The van der Waals surface area contributed by atoms with Crippen molar-refractivity contribution in [2.75, 3.05) is 27.2 Å². The number of H-pyrrole nitrogens is 1. The monoisotopic (exact) mass is 869 g/mol. The molecule has 4 heterocycles. The molecule has 2 fully saturated rings. The van der Waals surface area contributed by atoms with Crippen LogP contribution in [0.2, 0.25) is 0 Å². The largest absolute Gasteiger partial charge is 0.352 e. The highest BCUT2D eigenvalue weighted by Gasteiger charge is 2.42. The van der Waals surface area contributed by atoms with Gasteiger partial charge in [0.1, 0.15) is 36.1 Å². The Morgan fingerprint density at radius 3 is 2.02 bits per heavy atom. The lowest BCUT2D eigenvalue weighted by molar-refractivity contribution is -0.139. The number of fused-ring (bicyclic) bond motifs is 2. The fourth-order valence-electron chi connectivity index (χ4n) is 8.46. The fourth-order valence-corrected chi connectivity index (χ4v) is 8.46. The third-order valence-corrected chi connectivity index (χ3v) is 12.0. The first kappa shape index (κ1) is 48.0. The second kappa shape index (κ2) is 20.9. The number of aromatic amines is 1. The molecule has 2 aliphatic rings. The van der Waals surface area contributed by atoms with E-state index in [1.807, 2.05) is 20.8 Å². The van der Waals surface area contributed by atoms with Crippen LogP contribution in [0.5, 0.6) is 0 Å². The zero-order valence-corrected chi connectivity index (χ0v) is 37.3. The maximum absolute atomic E-state index is 15.5. The Kier molecular flexibility index (Phi) is 16.2. The van der Waals surface area contributed by atoms with E-state index < -0.39 is 72.0 Å². The molecular formula is C45H63F4N9O4. The second-order valence-electron chi connectivity index (χ2n) is 16.6. The lowest BCUT2D eigenvalue weighted by atomic mass is 9.99. The summed E-state index contributed by atoms with van der Waals surface area (Å²) in [6.45, 7) is 12.5. The van der Waals surface area contributed by atoms with E-state index in [2.05, 4.69) is 26.3 Å². The van der Waals surface area contributed by atoms with E-state index in [0.29, 0.717) is 46.3 Å². The van der Waals surface area contributed by atoms with Gasteiger partial charge in [-0.05, 0) is 82.6 Å². The molecule has 8 atom stereocenters. The predicted molar refractivity (Wildman–Crippen MR) is 233 cm³/mol. The average molecular weight is 870 g/mol. The molecule has 2 aromatic carbocycles. The molecule has 62 heavy (non-hydrogen) atoms. The Morgan fingerprint density at radius 1 is 0.823 bits per heavy atom. The summed E-state index contributed by atoms with van der Waals surface area (Å²) in [5, 5.41) is 12.0. The number of carbonyl (C=O) groups is 4. The van der Waals surface area contributed by atoms with Crippen molar-refractivity contribution in [2.24, 2.45) is 5.92 Å². The van der Waals surface area contributed by atoms with E-state index >= 15 is 8.78 Å². The van der Waals surface area contributed by atoms with E-state index in [0.717, 1.165) is 0 Å². The molecule has 0 saturated carbocycles. The summed E-state index contributed by atoms with van der Waals surface area (Å²) in [6, 6.07) is 4.01. The number of likely N-dealkylation sites (tertiary alicyclic amines) is 2. The first-order chi connectivity index (χ1) is 29.5. The summed E-state index contributed by atoms with van der Waals surface area (Å²) in [5.41, 5.74) is 2.18. The van der Waals surface area contributed by atoms with Gasteiger partial charge in [-0.3, -0.25) is 19.2 Å². The number of nitrogens with zero attached hydrogens (tertiary/aromatic N) is 4. The lowest BCUT2D eigenvalue weighted by Gasteiger charge is -2.32. The number of carbonyl (C=O) groups excluding carboxylic acids is 4. The normalized spacial score (nSPS) is 20.9. The highest BCUT2D eigenvalue weighted by Crippen LogP contribution is 2.37. The van der Waals surface area contributed by atoms with Crippen molar-refractivity contribution in [3.8, 4) is 11.5 Å². The van der Waals surface area contributed by atoms with Gasteiger partial charge in [-0.25, -0.2) is 22.5 Å². The minimum Gasteiger partial charge on any atom is -0.352 e. The van der Waals surface area contributed by atoms with E-state index in [-0.39, 0.29) is 62.1 Å². The van der Waals surface area contributed by atoms with Crippen LogP contribution in [0, 0.1) is 17.6 Å². The van der Waals surface area contributed by atoms with Crippen LogP contribution < -0.4 is 21.3 Å². The molecule has 2 aromatic heterocycles. The summed E-state index contributed by atoms with van der Waals surface area (Å²) >= 11 is 0. The minimum absolute atomic E-state index is 0.0118. The molecule has 5 N–H and O–H groups in total.